The molecule has 1 amide bonds. The number of hydrogen-bond donors (Lipinski definition) is 1. The van der Waals surface area contributed by atoms with Gasteiger partial charge in [0.25, 0.3) is 5.91 Å². The third-order valence-corrected chi connectivity index (χ3v) is 6.38. The second kappa shape index (κ2) is 10.3. The van der Waals surface area contributed by atoms with Crippen molar-refractivity contribution in [3.05, 3.63) is 53.4 Å². The van der Waals surface area contributed by atoms with Gasteiger partial charge in [-0.05, 0) is 35.1 Å². The maximum absolute atomic E-state index is 12.2. The quantitative estimate of drug-likeness (QED) is 0.561. The molecular weight excluding hydrogens is 408 g/mol. The van der Waals surface area contributed by atoms with E-state index in [0.29, 0.717) is 12.5 Å². The van der Waals surface area contributed by atoms with Crippen LogP contribution in [0.25, 0.3) is 21.2 Å². The Bertz CT molecular complexity index is 1020. The van der Waals surface area contributed by atoms with Gasteiger partial charge in [0.2, 0.25) is 0 Å². The molecule has 164 valence electrons. The molecule has 1 aliphatic heterocycles. The largest absolute Gasteiger partial charge is 0.483 e. The van der Waals surface area contributed by atoms with Crippen molar-refractivity contribution in [1.29, 1.82) is 0 Å². The zero-order valence-corrected chi connectivity index (χ0v) is 19.0. The normalized spacial score (nSPS) is 14.8. The van der Waals surface area contributed by atoms with Crippen LogP contribution in [0.15, 0.2) is 47.8 Å². The van der Waals surface area contributed by atoms with Gasteiger partial charge in [0, 0.05) is 47.4 Å². The highest BCUT2D eigenvalue weighted by molar-refractivity contribution is 7.17. The van der Waals surface area contributed by atoms with Crippen molar-refractivity contribution >= 4 is 27.3 Å². The zero-order chi connectivity index (χ0) is 21.6. The van der Waals surface area contributed by atoms with Gasteiger partial charge in [-0.15, -0.1) is 11.3 Å². The molecule has 1 saturated heterocycles. The predicted octanol–water partition coefficient (Wildman–Crippen LogP) is 4.55. The van der Waals surface area contributed by atoms with Crippen molar-refractivity contribution in [2.45, 2.75) is 20.4 Å². The molecular formula is C25H30N2O3S. The molecule has 2 aromatic carbocycles. The first-order chi connectivity index (χ1) is 15.1. The van der Waals surface area contributed by atoms with E-state index in [-0.39, 0.29) is 12.5 Å². The zero-order valence-electron chi connectivity index (χ0n) is 18.2. The summed E-state index contributed by atoms with van der Waals surface area (Å²) in [5.74, 6) is 1.11. The summed E-state index contributed by atoms with van der Waals surface area (Å²) in [5.41, 5.74) is 3.52. The van der Waals surface area contributed by atoms with Crippen LogP contribution >= 0.6 is 11.3 Å². The second-order valence-electron chi connectivity index (χ2n) is 8.34. The molecule has 0 saturated carbocycles. The number of hydrogen-bond acceptors (Lipinski definition) is 5. The maximum atomic E-state index is 12.2. The first kappa shape index (κ1) is 21.8. The smallest absolute Gasteiger partial charge is 0.257 e. The van der Waals surface area contributed by atoms with Gasteiger partial charge in [0.15, 0.2) is 6.61 Å². The molecule has 3 aromatic rings. The van der Waals surface area contributed by atoms with Crippen molar-refractivity contribution in [2.24, 2.45) is 5.92 Å². The van der Waals surface area contributed by atoms with Gasteiger partial charge in [-0.1, -0.05) is 38.1 Å². The number of amides is 1. The van der Waals surface area contributed by atoms with E-state index in [4.69, 9.17) is 9.47 Å². The number of benzene rings is 2. The first-order valence-corrected chi connectivity index (χ1v) is 11.8. The van der Waals surface area contributed by atoms with Crippen LogP contribution in [0.1, 0.15) is 19.4 Å². The highest BCUT2D eigenvalue weighted by Gasteiger charge is 2.16. The molecule has 5 nitrogen and oxygen atoms in total. The number of carbonyl (C=O) groups excluding carboxylic acids is 1. The number of fused-ring (bicyclic) bond motifs is 1. The lowest BCUT2D eigenvalue weighted by atomic mass is 10.0. The molecule has 2 heterocycles. The number of morpholine rings is 1. The maximum Gasteiger partial charge on any atom is 0.257 e. The topological polar surface area (TPSA) is 50.8 Å². The van der Waals surface area contributed by atoms with Crippen molar-refractivity contribution in [1.82, 2.24) is 10.2 Å². The van der Waals surface area contributed by atoms with Gasteiger partial charge >= 0.3 is 0 Å². The van der Waals surface area contributed by atoms with Crippen LogP contribution in [-0.2, 0) is 16.1 Å². The lowest BCUT2D eigenvalue weighted by Gasteiger charge is -2.27. The predicted molar refractivity (Wildman–Crippen MR) is 127 cm³/mol. The monoisotopic (exact) mass is 438 g/mol. The third kappa shape index (κ3) is 5.64. The van der Waals surface area contributed by atoms with Crippen molar-refractivity contribution in [3.63, 3.8) is 0 Å². The lowest BCUT2D eigenvalue weighted by Crippen LogP contribution is -2.36. The Morgan fingerprint density at radius 1 is 1.19 bits per heavy atom. The van der Waals surface area contributed by atoms with Gasteiger partial charge in [-0.3, -0.25) is 9.69 Å². The van der Waals surface area contributed by atoms with E-state index >= 15 is 0 Å². The number of nitrogens with zero attached hydrogens (tertiary/aromatic N) is 1. The Labute approximate surface area is 188 Å². The van der Waals surface area contributed by atoms with Gasteiger partial charge in [0.05, 0.1) is 13.2 Å². The van der Waals surface area contributed by atoms with Crippen molar-refractivity contribution in [3.8, 4) is 16.9 Å². The van der Waals surface area contributed by atoms with E-state index in [1.54, 1.807) is 11.3 Å². The average Bonchev–Trinajstić information content (AvgIpc) is 3.22. The minimum atomic E-state index is -0.0843. The van der Waals surface area contributed by atoms with Crippen LogP contribution in [0.5, 0.6) is 5.75 Å². The summed E-state index contributed by atoms with van der Waals surface area (Å²) in [6.07, 6.45) is 0. The number of thiophene rings is 1. The summed E-state index contributed by atoms with van der Waals surface area (Å²) >= 11 is 1.77. The molecule has 0 spiro atoms. The van der Waals surface area contributed by atoms with Crippen molar-refractivity contribution < 1.29 is 14.3 Å². The van der Waals surface area contributed by atoms with E-state index in [2.05, 4.69) is 65.8 Å². The molecule has 4 rings (SSSR count). The van der Waals surface area contributed by atoms with Crippen LogP contribution in [0.3, 0.4) is 0 Å². The van der Waals surface area contributed by atoms with E-state index in [1.807, 2.05) is 6.07 Å². The van der Waals surface area contributed by atoms with Crippen LogP contribution in [0.2, 0.25) is 0 Å². The molecule has 1 fully saturated rings. The SMILES string of the molecule is CC(C)CNC(=O)COc1ccc(-c2csc3ccccc23)cc1CN1CCOCC1. The molecule has 31 heavy (non-hydrogen) atoms. The lowest BCUT2D eigenvalue weighted by molar-refractivity contribution is -0.123. The standard InChI is InChI=1S/C25H30N2O3S/c1-18(2)14-26-25(28)16-30-23-8-7-19(13-20(23)15-27-9-11-29-12-10-27)22-17-31-24-6-4-3-5-21(22)24/h3-8,13,17-18H,9-12,14-16H2,1-2H3,(H,26,28). The fourth-order valence-corrected chi connectivity index (χ4v) is 4.70. The molecule has 0 atom stereocenters. The fraction of sp³-hybridized carbons (Fsp3) is 0.400. The van der Waals surface area contributed by atoms with Crippen LogP contribution in [-0.4, -0.2) is 50.3 Å². The summed E-state index contributed by atoms with van der Waals surface area (Å²) in [5, 5.41) is 6.41. The van der Waals surface area contributed by atoms with Crippen LogP contribution in [0, 0.1) is 5.92 Å². The Kier molecular flexibility index (Phi) is 7.22. The minimum Gasteiger partial charge on any atom is -0.483 e. The number of ether oxygens (including phenoxy) is 2. The highest BCUT2D eigenvalue weighted by atomic mass is 32.1. The number of nitrogens with one attached hydrogen (secondary N) is 1. The van der Waals surface area contributed by atoms with E-state index in [9.17, 15) is 4.79 Å². The van der Waals surface area contributed by atoms with E-state index in [0.717, 1.165) is 44.2 Å². The molecule has 1 aliphatic rings. The molecule has 0 bridgehead atoms. The van der Waals surface area contributed by atoms with Gasteiger partial charge < -0.3 is 14.8 Å². The van der Waals surface area contributed by atoms with Crippen LogP contribution < -0.4 is 10.1 Å². The number of carbonyl (C=O) groups is 1. The Morgan fingerprint density at radius 2 is 2.00 bits per heavy atom. The average molecular weight is 439 g/mol. The van der Waals surface area contributed by atoms with Crippen molar-refractivity contribution in [2.75, 3.05) is 39.5 Å². The van der Waals surface area contributed by atoms with E-state index < -0.39 is 0 Å². The molecule has 1 aromatic heterocycles. The Hall–Kier alpha value is -2.41. The first-order valence-electron chi connectivity index (χ1n) is 10.9. The molecule has 0 aliphatic carbocycles. The Morgan fingerprint density at radius 3 is 2.81 bits per heavy atom. The van der Waals surface area contributed by atoms with Gasteiger partial charge in [-0.25, -0.2) is 0 Å². The molecule has 1 N–H and O–H groups in total. The Balaban J connectivity index is 1.57. The second-order valence-corrected chi connectivity index (χ2v) is 9.25. The van der Waals surface area contributed by atoms with Crippen LogP contribution in [0.4, 0.5) is 0 Å². The fourth-order valence-electron chi connectivity index (χ4n) is 3.73. The van der Waals surface area contributed by atoms with Gasteiger partial charge in [0.1, 0.15) is 5.75 Å². The van der Waals surface area contributed by atoms with Gasteiger partial charge in [-0.2, -0.15) is 0 Å². The highest BCUT2D eigenvalue weighted by Crippen LogP contribution is 2.36. The summed E-state index contributed by atoms with van der Waals surface area (Å²) in [6.45, 7) is 8.94. The number of rotatable bonds is 8. The molecule has 0 radical (unpaired) electrons. The third-order valence-electron chi connectivity index (χ3n) is 5.42. The summed E-state index contributed by atoms with van der Waals surface area (Å²) < 4.78 is 12.8. The minimum absolute atomic E-state index is 0.0313. The summed E-state index contributed by atoms with van der Waals surface area (Å²) in [4.78, 5) is 14.5. The summed E-state index contributed by atoms with van der Waals surface area (Å²) in [6, 6.07) is 14.8. The van der Waals surface area contributed by atoms with E-state index in [1.165, 1.54) is 21.2 Å². The molecule has 0 unspecified atom stereocenters. The summed E-state index contributed by atoms with van der Waals surface area (Å²) in [7, 11) is 0. The molecule has 6 heteroatoms.